The predicted molar refractivity (Wildman–Crippen MR) is 94.6 cm³/mol. The molecule has 0 aromatic heterocycles. The molecule has 2 fully saturated rings. The van der Waals surface area contributed by atoms with E-state index in [-0.39, 0.29) is 17.7 Å². The van der Waals surface area contributed by atoms with E-state index in [4.69, 9.17) is 0 Å². The summed E-state index contributed by atoms with van der Waals surface area (Å²) in [6.07, 6.45) is 4.73. The van der Waals surface area contributed by atoms with Gasteiger partial charge in [-0.2, -0.15) is 0 Å². The van der Waals surface area contributed by atoms with E-state index in [0.29, 0.717) is 6.54 Å². The van der Waals surface area contributed by atoms with E-state index < -0.39 is 5.54 Å². The molecular weight excluding hydrogens is 302 g/mol. The van der Waals surface area contributed by atoms with Gasteiger partial charge in [-0.3, -0.25) is 9.59 Å². The maximum absolute atomic E-state index is 13.0. The number of anilines is 1. The van der Waals surface area contributed by atoms with Crippen LogP contribution in [0.1, 0.15) is 32.1 Å². The lowest BCUT2D eigenvalue weighted by Gasteiger charge is -2.45. The number of piperidine rings is 1. The third kappa shape index (κ3) is 3.25. The summed E-state index contributed by atoms with van der Waals surface area (Å²) in [5.74, 6) is 0.441. The largest absolute Gasteiger partial charge is 0.370 e. The van der Waals surface area contributed by atoms with Crippen molar-refractivity contribution in [1.82, 2.24) is 9.80 Å². The van der Waals surface area contributed by atoms with Gasteiger partial charge in [0, 0.05) is 32.2 Å². The minimum atomic E-state index is -0.734. The summed E-state index contributed by atoms with van der Waals surface area (Å²) in [5.41, 5.74) is 0.188. The Morgan fingerprint density at radius 1 is 1.17 bits per heavy atom. The van der Waals surface area contributed by atoms with E-state index in [1.165, 1.54) is 0 Å². The number of carbonyl (C=O) groups is 2. The number of hydrogen-bond donors (Lipinski definition) is 1. The number of nitrogens with zero attached hydrogens (tertiary/aromatic N) is 2. The summed E-state index contributed by atoms with van der Waals surface area (Å²) < 4.78 is 0. The molecule has 1 saturated heterocycles. The molecule has 1 unspecified atom stereocenters. The monoisotopic (exact) mass is 329 g/mol. The molecule has 1 aromatic rings. The zero-order valence-electron chi connectivity index (χ0n) is 14.6. The Morgan fingerprint density at radius 2 is 1.88 bits per heavy atom. The normalized spacial score (nSPS) is 24.2. The van der Waals surface area contributed by atoms with E-state index in [1.807, 2.05) is 35.2 Å². The number of likely N-dealkylation sites (N-methyl/N-ethyl adjacent to an activating group) is 1. The molecule has 5 heteroatoms. The van der Waals surface area contributed by atoms with Gasteiger partial charge in [-0.05, 0) is 37.8 Å². The second-order valence-corrected chi connectivity index (χ2v) is 7.26. The molecule has 2 amide bonds. The molecule has 3 rings (SSSR count). The smallest absolute Gasteiger partial charge is 0.249 e. The molecule has 1 aliphatic carbocycles. The number of nitrogens with one attached hydrogen (secondary N) is 1. The van der Waals surface area contributed by atoms with Crippen molar-refractivity contribution in [2.45, 2.75) is 37.6 Å². The molecule has 1 N–H and O–H groups in total. The van der Waals surface area contributed by atoms with Crippen LogP contribution in [0.3, 0.4) is 0 Å². The zero-order chi connectivity index (χ0) is 17.2. The summed E-state index contributed by atoms with van der Waals surface area (Å²) in [4.78, 5) is 29.2. The molecule has 1 aliphatic heterocycles. The van der Waals surface area contributed by atoms with E-state index in [9.17, 15) is 9.59 Å². The maximum Gasteiger partial charge on any atom is 0.249 e. The van der Waals surface area contributed by atoms with Crippen LogP contribution in [0.25, 0.3) is 0 Å². The van der Waals surface area contributed by atoms with Gasteiger partial charge in [0.25, 0.3) is 0 Å². The van der Waals surface area contributed by atoms with Crippen molar-refractivity contribution in [3.05, 3.63) is 30.3 Å². The van der Waals surface area contributed by atoms with Crippen molar-refractivity contribution in [3.63, 3.8) is 0 Å². The van der Waals surface area contributed by atoms with Crippen LogP contribution in [-0.2, 0) is 9.59 Å². The second kappa shape index (κ2) is 6.83. The van der Waals surface area contributed by atoms with Gasteiger partial charge in [0.1, 0.15) is 5.54 Å². The molecule has 1 aromatic carbocycles. The first kappa shape index (κ1) is 16.8. The lowest BCUT2D eigenvalue weighted by Crippen LogP contribution is -2.62. The SMILES string of the molecule is CN(C)C(=O)C1(Nc2ccccc2)CCCN(C(=O)C2CCC2)C1. The van der Waals surface area contributed by atoms with Gasteiger partial charge in [-0.1, -0.05) is 24.6 Å². The third-order valence-electron chi connectivity index (χ3n) is 5.23. The second-order valence-electron chi connectivity index (χ2n) is 7.26. The highest BCUT2D eigenvalue weighted by atomic mass is 16.2. The van der Waals surface area contributed by atoms with Crippen LogP contribution >= 0.6 is 0 Å². The first-order valence-corrected chi connectivity index (χ1v) is 8.86. The molecule has 1 atom stereocenters. The van der Waals surface area contributed by atoms with E-state index in [1.54, 1.807) is 19.0 Å². The minimum Gasteiger partial charge on any atom is -0.370 e. The van der Waals surface area contributed by atoms with Crippen molar-refractivity contribution >= 4 is 17.5 Å². The molecular formula is C19H27N3O2. The van der Waals surface area contributed by atoms with Crippen LogP contribution in [-0.4, -0.2) is 54.3 Å². The fourth-order valence-electron chi connectivity index (χ4n) is 3.71. The highest BCUT2D eigenvalue weighted by molar-refractivity contribution is 5.91. The molecule has 1 saturated carbocycles. The quantitative estimate of drug-likeness (QED) is 0.922. The summed E-state index contributed by atoms with van der Waals surface area (Å²) in [6.45, 7) is 1.21. The summed E-state index contributed by atoms with van der Waals surface area (Å²) in [7, 11) is 3.56. The molecule has 5 nitrogen and oxygen atoms in total. The van der Waals surface area contributed by atoms with Crippen LogP contribution in [0.2, 0.25) is 0 Å². The fraction of sp³-hybridized carbons (Fsp3) is 0.579. The molecule has 0 radical (unpaired) electrons. The van der Waals surface area contributed by atoms with Gasteiger partial charge in [-0.25, -0.2) is 0 Å². The van der Waals surface area contributed by atoms with Crippen LogP contribution < -0.4 is 5.32 Å². The number of likely N-dealkylation sites (tertiary alicyclic amines) is 1. The lowest BCUT2D eigenvalue weighted by molar-refractivity contribution is -0.144. The number of hydrogen-bond acceptors (Lipinski definition) is 3. The Hall–Kier alpha value is -2.04. The van der Waals surface area contributed by atoms with E-state index in [2.05, 4.69) is 5.32 Å². The van der Waals surface area contributed by atoms with Crippen LogP contribution in [0.4, 0.5) is 5.69 Å². The number of carbonyl (C=O) groups excluding carboxylic acids is 2. The summed E-state index contributed by atoms with van der Waals surface area (Å²) in [6, 6.07) is 9.81. The van der Waals surface area contributed by atoms with Crippen molar-refractivity contribution in [1.29, 1.82) is 0 Å². The van der Waals surface area contributed by atoms with E-state index in [0.717, 1.165) is 44.3 Å². The fourth-order valence-corrected chi connectivity index (χ4v) is 3.71. The van der Waals surface area contributed by atoms with Gasteiger partial charge in [0.05, 0.1) is 6.54 Å². The minimum absolute atomic E-state index is 0.0393. The third-order valence-corrected chi connectivity index (χ3v) is 5.23. The first-order chi connectivity index (χ1) is 11.5. The van der Waals surface area contributed by atoms with Gasteiger partial charge >= 0.3 is 0 Å². The van der Waals surface area contributed by atoms with Crippen molar-refractivity contribution in [3.8, 4) is 0 Å². The van der Waals surface area contributed by atoms with Crippen LogP contribution in [0.5, 0.6) is 0 Å². The number of rotatable bonds is 4. The van der Waals surface area contributed by atoms with Crippen LogP contribution in [0, 0.1) is 5.92 Å². The maximum atomic E-state index is 13.0. The Morgan fingerprint density at radius 3 is 2.46 bits per heavy atom. The molecule has 2 aliphatic rings. The zero-order valence-corrected chi connectivity index (χ0v) is 14.6. The topological polar surface area (TPSA) is 52.7 Å². The Balaban J connectivity index is 1.83. The molecule has 130 valence electrons. The Labute approximate surface area is 144 Å². The Kier molecular flexibility index (Phi) is 4.78. The molecule has 0 bridgehead atoms. The lowest BCUT2D eigenvalue weighted by atomic mass is 9.82. The number of amides is 2. The van der Waals surface area contributed by atoms with Gasteiger partial charge in [-0.15, -0.1) is 0 Å². The Bertz CT molecular complexity index is 598. The number of benzene rings is 1. The van der Waals surface area contributed by atoms with Gasteiger partial charge < -0.3 is 15.1 Å². The standard InChI is InChI=1S/C19H27N3O2/c1-21(2)18(24)19(20-16-10-4-3-5-11-16)12-7-13-22(14-19)17(23)15-8-6-9-15/h3-5,10-11,15,20H,6-9,12-14H2,1-2H3. The van der Waals surface area contributed by atoms with E-state index >= 15 is 0 Å². The average molecular weight is 329 g/mol. The summed E-state index contributed by atoms with van der Waals surface area (Å²) in [5, 5.41) is 3.45. The van der Waals surface area contributed by atoms with Crippen molar-refractivity contribution in [2.24, 2.45) is 5.92 Å². The van der Waals surface area contributed by atoms with Crippen molar-refractivity contribution in [2.75, 3.05) is 32.5 Å². The molecule has 0 spiro atoms. The highest BCUT2D eigenvalue weighted by Crippen LogP contribution is 2.33. The highest BCUT2D eigenvalue weighted by Gasteiger charge is 2.45. The van der Waals surface area contributed by atoms with Gasteiger partial charge in [0.15, 0.2) is 0 Å². The van der Waals surface area contributed by atoms with Gasteiger partial charge in [0.2, 0.25) is 11.8 Å². The molecule has 24 heavy (non-hydrogen) atoms. The molecule has 1 heterocycles. The average Bonchev–Trinajstić information content (AvgIpc) is 2.53. The number of para-hydroxylation sites is 1. The van der Waals surface area contributed by atoms with Crippen molar-refractivity contribution < 1.29 is 9.59 Å². The summed E-state index contributed by atoms with van der Waals surface area (Å²) >= 11 is 0. The van der Waals surface area contributed by atoms with Crippen LogP contribution in [0.15, 0.2) is 30.3 Å². The predicted octanol–water partition coefficient (Wildman–Crippen LogP) is 2.35. The first-order valence-electron chi connectivity index (χ1n) is 8.86.